The molecule has 2 aromatic carbocycles. The number of nitrogens with zero attached hydrogens (tertiary/aromatic N) is 1. The summed E-state index contributed by atoms with van der Waals surface area (Å²) in [6, 6.07) is 14.1. The van der Waals surface area contributed by atoms with Crippen molar-refractivity contribution in [3.05, 3.63) is 59.9 Å². The Labute approximate surface area is 146 Å². The molecule has 2 aromatic rings. The molecule has 0 spiro atoms. The molecule has 1 amide bonds. The van der Waals surface area contributed by atoms with Gasteiger partial charge in [0.05, 0.1) is 12.5 Å². The average Bonchev–Trinajstić information content (AvgIpc) is 2.92. The number of hydrogen-bond acceptors (Lipinski definition) is 3. The Kier molecular flexibility index (Phi) is 5.29. The van der Waals surface area contributed by atoms with Crippen LogP contribution < -0.4 is 0 Å². The second-order valence-electron chi connectivity index (χ2n) is 6.31. The summed E-state index contributed by atoms with van der Waals surface area (Å²) in [6.07, 6.45) is 1.86. The zero-order valence-corrected chi connectivity index (χ0v) is 13.8. The van der Waals surface area contributed by atoms with Crippen molar-refractivity contribution in [2.24, 2.45) is 5.92 Å². The molecule has 4 nitrogen and oxygen atoms in total. The molecule has 6 heteroatoms. The first-order chi connectivity index (χ1) is 12.1. The highest BCUT2D eigenvalue weighted by Gasteiger charge is 2.38. The van der Waals surface area contributed by atoms with Gasteiger partial charge < -0.3 is 14.7 Å². The fourth-order valence-corrected chi connectivity index (χ4v) is 3.42. The predicted octanol–water partition coefficient (Wildman–Crippen LogP) is 1.79. The number of hydrogen-bond donors (Lipinski definition) is 1. The second kappa shape index (κ2) is 7.61. The highest BCUT2D eigenvalue weighted by atomic mass is 19.1. The van der Waals surface area contributed by atoms with Crippen molar-refractivity contribution >= 4 is 19.5 Å². The van der Waals surface area contributed by atoms with E-state index in [1.807, 2.05) is 24.3 Å². The third kappa shape index (κ3) is 3.64. The van der Waals surface area contributed by atoms with Crippen LogP contribution in [0, 0.1) is 11.7 Å². The molecular formula is C19H19BFNO3. The van der Waals surface area contributed by atoms with E-state index < -0.39 is 5.92 Å². The molecule has 0 saturated carbocycles. The van der Waals surface area contributed by atoms with Crippen molar-refractivity contribution in [2.75, 3.05) is 6.61 Å². The summed E-state index contributed by atoms with van der Waals surface area (Å²) < 4.78 is 13.9. The third-order valence-electron chi connectivity index (χ3n) is 4.73. The van der Waals surface area contributed by atoms with Gasteiger partial charge in [0.1, 0.15) is 12.0 Å². The lowest BCUT2D eigenvalue weighted by molar-refractivity contribution is -0.128. The van der Waals surface area contributed by atoms with E-state index in [-0.39, 0.29) is 31.8 Å². The van der Waals surface area contributed by atoms with Crippen LogP contribution in [-0.4, -0.2) is 42.1 Å². The van der Waals surface area contributed by atoms with Crippen molar-refractivity contribution in [3.63, 3.8) is 0 Å². The first-order valence-electron chi connectivity index (χ1n) is 8.33. The summed E-state index contributed by atoms with van der Waals surface area (Å²) in [5.74, 6) is -0.857. The Morgan fingerprint density at radius 3 is 2.56 bits per heavy atom. The fraction of sp³-hybridized carbons (Fsp3) is 0.263. The SMILES string of the molecule is O=CBN1C(=O)C(CO)C[C@H]1Cc1ccc(-c2ccccc2F)cc1. The molecule has 1 saturated heterocycles. The quantitative estimate of drug-likeness (QED) is 0.645. The highest BCUT2D eigenvalue weighted by Crippen LogP contribution is 2.28. The molecule has 128 valence electrons. The molecular weight excluding hydrogens is 320 g/mol. The largest absolute Gasteiger partial charge is 0.396 e. The van der Waals surface area contributed by atoms with Gasteiger partial charge in [-0.25, -0.2) is 4.39 Å². The maximum Gasteiger partial charge on any atom is 0.313 e. The lowest BCUT2D eigenvalue weighted by Gasteiger charge is -2.22. The van der Waals surface area contributed by atoms with Gasteiger partial charge in [-0.2, -0.15) is 0 Å². The van der Waals surface area contributed by atoms with Crippen molar-refractivity contribution in [1.82, 2.24) is 4.81 Å². The van der Waals surface area contributed by atoms with Gasteiger partial charge in [-0.05, 0) is 30.0 Å². The molecule has 1 aliphatic heterocycles. The molecule has 1 aliphatic rings. The first-order valence-corrected chi connectivity index (χ1v) is 8.33. The molecule has 1 heterocycles. The van der Waals surface area contributed by atoms with Crippen LogP contribution in [0.1, 0.15) is 12.0 Å². The van der Waals surface area contributed by atoms with Gasteiger partial charge in [-0.1, -0.05) is 42.5 Å². The maximum atomic E-state index is 13.9. The predicted molar refractivity (Wildman–Crippen MR) is 95.3 cm³/mol. The lowest BCUT2D eigenvalue weighted by atomic mass is 9.91. The van der Waals surface area contributed by atoms with Crippen LogP contribution in [0.25, 0.3) is 11.1 Å². The van der Waals surface area contributed by atoms with Gasteiger partial charge in [0.2, 0.25) is 5.91 Å². The van der Waals surface area contributed by atoms with Crippen molar-refractivity contribution in [1.29, 1.82) is 0 Å². The molecule has 0 bridgehead atoms. The normalized spacial score (nSPS) is 19.9. The molecule has 0 aliphatic carbocycles. The molecule has 1 fully saturated rings. The Morgan fingerprint density at radius 1 is 1.20 bits per heavy atom. The topological polar surface area (TPSA) is 57.6 Å². The first kappa shape index (κ1) is 17.4. The summed E-state index contributed by atoms with van der Waals surface area (Å²) >= 11 is 0. The fourth-order valence-electron chi connectivity index (χ4n) is 3.42. The summed E-state index contributed by atoms with van der Waals surface area (Å²) in [5.41, 5.74) is 2.35. The van der Waals surface area contributed by atoms with Crippen LogP contribution in [0.2, 0.25) is 0 Å². The number of aliphatic hydroxyl groups excluding tert-OH is 1. The van der Waals surface area contributed by atoms with Gasteiger partial charge >= 0.3 is 7.41 Å². The smallest absolute Gasteiger partial charge is 0.313 e. The number of aliphatic hydroxyl groups is 1. The Morgan fingerprint density at radius 2 is 1.92 bits per heavy atom. The molecule has 0 radical (unpaired) electrons. The minimum atomic E-state index is -0.428. The number of halogens is 1. The van der Waals surface area contributed by atoms with Gasteiger partial charge in [0.15, 0.2) is 0 Å². The van der Waals surface area contributed by atoms with Crippen molar-refractivity contribution < 1.29 is 19.1 Å². The number of benzene rings is 2. The Bertz CT molecular complexity index is 766. The van der Waals surface area contributed by atoms with Crippen LogP contribution in [-0.2, 0) is 16.0 Å². The Balaban J connectivity index is 1.76. The van der Waals surface area contributed by atoms with E-state index in [9.17, 15) is 19.1 Å². The Hall–Kier alpha value is -2.47. The lowest BCUT2D eigenvalue weighted by Crippen LogP contribution is -2.39. The van der Waals surface area contributed by atoms with E-state index >= 15 is 0 Å². The molecule has 0 aromatic heterocycles. The zero-order chi connectivity index (χ0) is 17.8. The second-order valence-corrected chi connectivity index (χ2v) is 6.31. The van der Waals surface area contributed by atoms with Gasteiger partial charge in [0, 0.05) is 11.6 Å². The average molecular weight is 339 g/mol. The molecule has 3 rings (SSSR count). The van der Waals surface area contributed by atoms with E-state index in [0.717, 1.165) is 11.1 Å². The summed E-state index contributed by atoms with van der Waals surface area (Å²) in [7, 11) is 0.0489. The van der Waals surface area contributed by atoms with Crippen LogP contribution in [0.15, 0.2) is 48.5 Å². The summed E-state index contributed by atoms with van der Waals surface area (Å²) in [4.78, 5) is 24.6. The molecule has 25 heavy (non-hydrogen) atoms. The monoisotopic (exact) mass is 339 g/mol. The highest BCUT2D eigenvalue weighted by molar-refractivity contribution is 6.66. The standard InChI is InChI=1S/C19H19BFNO3/c21-18-4-2-1-3-17(18)14-7-5-13(6-8-14)9-16-10-15(11-23)19(25)22(16)20-12-24/h1-8,12,15-16,20,23H,9-11H2/t15?,16-/m1/s1. The van der Waals surface area contributed by atoms with E-state index in [1.165, 1.54) is 6.07 Å². The minimum Gasteiger partial charge on any atom is -0.396 e. The minimum absolute atomic E-state index is 0.0489. The van der Waals surface area contributed by atoms with Gasteiger partial charge in [-0.15, -0.1) is 0 Å². The van der Waals surface area contributed by atoms with Gasteiger partial charge in [-0.3, -0.25) is 4.79 Å². The van der Waals surface area contributed by atoms with E-state index in [1.54, 1.807) is 23.0 Å². The summed E-state index contributed by atoms with van der Waals surface area (Å²) in [6.45, 7) is -0.198. The van der Waals surface area contributed by atoms with Crippen LogP contribution in [0.3, 0.4) is 0 Å². The van der Waals surface area contributed by atoms with Gasteiger partial charge in [0.25, 0.3) is 0 Å². The maximum absolute atomic E-state index is 13.9. The van der Waals surface area contributed by atoms with Crippen molar-refractivity contribution in [3.8, 4) is 11.1 Å². The van der Waals surface area contributed by atoms with Crippen LogP contribution in [0.4, 0.5) is 4.39 Å². The molecule has 2 atom stereocenters. The molecule has 1 N–H and O–H groups in total. The van der Waals surface area contributed by atoms with Crippen molar-refractivity contribution in [2.45, 2.75) is 18.9 Å². The number of rotatable bonds is 6. The zero-order valence-electron chi connectivity index (χ0n) is 13.8. The number of carbonyl (C=O) groups excluding carboxylic acids is 2. The number of amides is 1. The van der Waals surface area contributed by atoms with Crippen LogP contribution in [0.5, 0.6) is 0 Å². The third-order valence-corrected chi connectivity index (χ3v) is 4.73. The summed E-state index contributed by atoms with van der Waals surface area (Å²) in [5, 5.41) is 9.32. The van der Waals surface area contributed by atoms with E-state index in [2.05, 4.69) is 0 Å². The number of carbonyl (C=O) groups is 2. The van der Waals surface area contributed by atoms with E-state index in [0.29, 0.717) is 24.6 Å². The molecule has 1 unspecified atom stereocenters. The van der Waals surface area contributed by atoms with Crippen LogP contribution >= 0.6 is 0 Å². The van der Waals surface area contributed by atoms with E-state index in [4.69, 9.17) is 0 Å².